The van der Waals surface area contributed by atoms with Crippen molar-refractivity contribution in [2.75, 3.05) is 0 Å². The molecule has 0 N–H and O–H groups in total. The number of aromatic nitrogens is 3. The summed E-state index contributed by atoms with van der Waals surface area (Å²) in [5, 5.41) is 3.49. The van der Waals surface area contributed by atoms with Crippen molar-refractivity contribution in [3.63, 3.8) is 0 Å². The van der Waals surface area contributed by atoms with Crippen LogP contribution in [0.15, 0.2) is 23.0 Å². The van der Waals surface area contributed by atoms with E-state index in [1.807, 2.05) is 6.92 Å². The second-order valence-electron chi connectivity index (χ2n) is 3.61. The highest BCUT2D eigenvalue weighted by Gasteiger charge is 2.16. The molecule has 0 fully saturated rings. The van der Waals surface area contributed by atoms with E-state index in [0.717, 1.165) is 19.0 Å². The Kier molecular flexibility index (Phi) is 3.68. The second kappa shape index (κ2) is 5.23. The first kappa shape index (κ1) is 12.0. The van der Waals surface area contributed by atoms with Gasteiger partial charge in [0, 0.05) is 6.20 Å². The lowest BCUT2D eigenvalue weighted by Gasteiger charge is -1.99. The van der Waals surface area contributed by atoms with Crippen LogP contribution in [0.3, 0.4) is 0 Å². The summed E-state index contributed by atoms with van der Waals surface area (Å²) < 4.78 is 18.0. The molecule has 2 aromatic rings. The highest BCUT2D eigenvalue weighted by Crippen LogP contribution is 2.25. The Bertz CT molecular complexity index is 503. The molecule has 0 bridgehead atoms. The number of halogens is 2. The van der Waals surface area contributed by atoms with Gasteiger partial charge in [-0.3, -0.25) is 4.98 Å². The number of alkyl halides is 1. The highest BCUT2D eigenvalue weighted by molar-refractivity contribution is 6.20. The SMILES string of the molecule is CCCC(Cl)c1noc(-c2cncc(F)c2)n1. The smallest absolute Gasteiger partial charge is 0.259 e. The molecule has 0 aliphatic rings. The average molecular weight is 256 g/mol. The first-order chi connectivity index (χ1) is 8.20. The van der Waals surface area contributed by atoms with Gasteiger partial charge in [0.1, 0.15) is 5.82 Å². The van der Waals surface area contributed by atoms with E-state index >= 15 is 0 Å². The Morgan fingerprint density at radius 3 is 3.00 bits per heavy atom. The van der Waals surface area contributed by atoms with Crippen LogP contribution in [0.2, 0.25) is 0 Å². The zero-order valence-electron chi connectivity index (χ0n) is 9.23. The first-order valence-corrected chi connectivity index (χ1v) is 5.73. The van der Waals surface area contributed by atoms with Crippen molar-refractivity contribution in [2.24, 2.45) is 0 Å². The van der Waals surface area contributed by atoms with E-state index < -0.39 is 5.82 Å². The fourth-order valence-corrected chi connectivity index (χ4v) is 1.70. The minimum absolute atomic E-state index is 0.230. The molecule has 0 aliphatic heterocycles. The highest BCUT2D eigenvalue weighted by atomic mass is 35.5. The Morgan fingerprint density at radius 2 is 2.29 bits per heavy atom. The summed E-state index contributed by atoms with van der Waals surface area (Å²) in [6.07, 6.45) is 4.27. The van der Waals surface area contributed by atoms with Crippen LogP contribution in [-0.2, 0) is 0 Å². The van der Waals surface area contributed by atoms with Crippen LogP contribution >= 0.6 is 11.6 Å². The molecule has 0 aromatic carbocycles. The van der Waals surface area contributed by atoms with E-state index in [4.69, 9.17) is 16.1 Å². The molecule has 2 rings (SSSR count). The van der Waals surface area contributed by atoms with Crippen molar-refractivity contribution >= 4 is 11.6 Å². The van der Waals surface area contributed by atoms with E-state index in [2.05, 4.69) is 15.1 Å². The molecule has 0 spiro atoms. The lowest BCUT2D eigenvalue weighted by molar-refractivity contribution is 0.420. The normalized spacial score (nSPS) is 12.6. The molecule has 90 valence electrons. The van der Waals surface area contributed by atoms with E-state index in [1.54, 1.807) is 0 Å². The summed E-state index contributed by atoms with van der Waals surface area (Å²) in [6, 6.07) is 1.29. The Hall–Kier alpha value is -1.49. The zero-order valence-corrected chi connectivity index (χ0v) is 9.99. The van der Waals surface area contributed by atoms with Gasteiger partial charge in [-0.15, -0.1) is 11.6 Å². The van der Waals surface area contributed by atoms with Gasteiger partial charge in [0.25, 0.3) is 5.89 Å². The van der Waals surface area contributed by atoms with Gasteiger partial charge < -0.3 is 4.52 Å². The molecule has 0 amide bonds. The lowest BCUT2D eigenvalue weighted by Crippen LogP contribution is -1.92. The predicted molar refractivity (Wildman–Crippen MR) is 61.0 cm³/mol. The summed E-state index contributed by atoms with van der Waals surface area (Å²) in [4.78, 5) is 7.84. The maximum absolute atomic E-state index is 13.0. The van der Waals surface area contributed by atoms with Crippen molar-refractivity contribution in [1.82, 2.24) is 15.1 Å². The van der Waals surface area contributed by atoms with Crippen LogP contribution in [0.25, 0.3) is 11.5 Å². The van der Waals surface area contributed by atoms with Crippen LogP contribution in [-0.4, -0.2) is 15.1 Å². The van der Waals surface area contributed by atoms with E-state index in [9.17, 15) is 4.39 Å². The van der Waals surface area contributed by atoms with Gasteiger partial charge in [-0.2, -0.15) is 4.98 Å². The Labute approximate surface area is 103 Å². The third-order valence-electron chi connectivity index (χ3n) is 2.22. The summed E-state index contributed by atoms with van der Waals surface area (Å²) in [6.45, 7) is 2.02. The lowest BCUT2D eigenvalue weighted by atomic mass is 10.2. The third kappa shape index (κ3) is 2.79. The van der Waals surface area contributed by atoms with Crippen molar-refractivity contribution in [1.29, 1.82) is 0 Å². The number of rotatable bonds is 4. The molecule has 17 heavy (non-hydrogen) atoms. The molecule has 0 saturated carbocycles. The summed E-state index contributed by atoms with van der Waals surface area (Å²) >= 11 is 6.06. The third-order valence-corrected chi connectivity index (χ3v) is 2.63. The molecule has 0 aliphatic carbocycles. The zero-order chi connectivity index (χ0) is 12.3. The minimum atomic E-state index is -0.446. The van der Waals surface area contributed by atoms with Gasteiger partial charge in [-0.1, -0.05) is 18.5 Å². The van der Waals surface area contributed by atoms with E-state index in [-0.39, 0.29) is 11.3 Å². The standard InChI is InChI=1S/C11H11ClFN3O/c1-2-3-9(12)10-15-11(17-16-10)7-4-8(13)6-14-5-7/h4-6,9H,2-3H2,1H3. The molecule has 6 heteroatoms. The van der Waals surface area contributed by atoms with E-state index in [1.165, 1.54) is 12.3 Å². The van der Waals surface area contributed by atoms with Gasteiger partial charge in [-0.25, -0.2) is 4.39 Å². The van der Waals surface area contributed by atoms with Crippen LogP contribution in [0.5, 0.6) is 0 Å². The Morgan fingerprint density at radius 1 is 1.47 bits per heavy atom. The fraction of sp³-hybridized carbons (Fsp3) is 0.364. The molecule has 1 atom stereocenters. The fourth-order valence-electron chi connectivity index (χ4n) is 1.39. The monoisotopic (exact) mass is 255 g/mol. The van der Waals surface area contributed by atoms with Crippen molar-refractivity contribution in [3.8, 4) is 11.5 Å². The molecule has 4 nitrogen and oxygen atoms in total. The number of nitrogens with zero attached hydrogens (tertiary/aromatic N) is 3. The van der Waals surface area contributed by atoms with Crippen molar-refractivity contribution in [2.45, 2.75) is 25.1 Å². The largest absolute Gasteiger partial charge is 0.334 e. The van der Waals surface area contributed by atoms with Gasteiger partial charge in [0.15, 0.2) is 5.82 Å². The van der Waals surface area contributed by atoms with Crippen LogP contribution in [0.1, 0.15) is 31.0 Å². The van der Waals surface area contributed by atoms with Gasteiger partial charge in [0.05, 0.1) is 17.1 Å². The minimum Gasteiger partial charge on any atom is -0.334 e. The van der Waals surface area contributed by atoms with Gasteiger partial charge >= 0.3 is 0 Å². The average Bonchev–Trinajstić information content (AvgIpc) is 2.78. The summed E-state index contributed by atoms with van der Waals surface area (Å²) in [5.41, 5.74) is 0.448. The maximum atomic E-state index is 13.0. The summed E-state index contributed by atoms with van der Waals surface area (Å²) in [7, 11) is 0. The second-order valence-corrected chi connectivity index (χ2v) is 4.13. The van der Waals surface area contributed by atoms with Gasteiger partial charge in [-0.05, 0) is 12.5 Å². The van der Waals surface area contributed by atoms with Crippen molar-refractivity contribution < 1.29 is 8.91 Å². The number of hydrogen-bond donors (Lipinski definition) is 0. The molecule has 0 saturated heterocycles. The summed E-state index contributed by atoms with van der Waals surface area (Å²) in [5.74, 6) is 0.208. The first-order valence-electron chi connectivity index (χ1n) is 5.29. The molecule has 0 radical (unpaired) electrons. The molecule has 2 aromatic heterocycles. The topological polar surface area (TPSA) is 51.8 Å². The molecule has 2 heterocycles. The van der Waals surface area contributed by atoms with E-state index in [0.29, 0.717) is 11.4 Å². The molecular formula is C11H11ClFN3O. The predicted octanol–water partition coefficient (Wildman–Crippen LogP) is 3.35. The number of hydrogen-bond acceptors (Lipinski definition) is 4. The maximum Gasteiger partial charge on any atom is 0.259 e. The van der Waals surface area contributed by atoms with Gasteiger partial charge in [0.2, 0.25) is 0 Å². The van der Waals surface area contributed by atoms with Crippen LogP contribution in [0, 0.1) is 5.82 Å². The quantitative estimate of drug-likeness (QED) is 0.786. The Balaban J connectivity index is 2.23. The van der Waals surface area contributed by atoms with Crippen molar-refractivity contribution in [3.05, 3.63) is 30.1 Å². The molecule has 1 unspecified atom stereocenters. The van der Waals surface area contributed by atoms with Crippen LogP contribution < -0.4 is 0 Å². The van der Waals surface area contributed by atoms with Crippen LogP contribution in [0.4, 0.5) is 4.39 Å². The molecular weight excluding hydrogens is 245 g/mol. The number of pyridine rings is 1.